The van der Waals surface area contributed by atoms with Gasteiger partial charge in [-0.3, -0.25) is 0 Å². The molecule has 2 N–H and O–H groups in total. The number of hydrogen-bond acceptors (Lipinski definition) is 6. The number of rotatable bonds is 5. The zero-order chi connectivity index (χ0) is 20.5. The molecule has 0 bridgehead atoms. The molecule has 3 rings (SSSR count). The summed E-state index contributed by atoms with van der Waals surface area (Å²) < 4.78 is 43.9. The van der Waals surface area contributed by atoms with Crippen LogP contribution in [-0.4, -0.2) is 28.4 Å². The van der Waals surface area contributed by atoms with Crippen molar-refractivity contribution in [2.75, 3.05) is 24.1 Å². The van der Waals surface area contributed by atoms with Crippen LogP contribution < -0.4 is 10.0 Å². The Kier molecular flexibility index (Phi) is 5.87. The number of nitrogens with zero attached hydrogens (tertiary/aromatic N) is 3. The molecule has 0 spiro atoms. The van der Waals surface area contributed by atoms with E-state index in [1.807, 2.05) is 37.5 Å². The minimum atomic E-state index is -4.45. The minimum Gasteiger partial charge on any atom is -0.325 e. The average molecular weight is 428 g/mol. The Morgan fingerprint density at radius 2 is 1.89 bits per heavy atom. The van der Waals surface area contributed by atoms with E-state index < -0.39 is 11.7 Å². The van der Waals surface area contributed by atoms with Crippen molar-refractivity contribution >= 4 is 52.0 Å². The minimum absolute atomic E-state index is 0.0540. The van der Waals surface area contributed by atoms with Crippen LogP contribution in [0.5, 0.6) is 0 Å². The number of anilines is 3. The predicted molar refractivity (Wildman–Crippen MR) is 109 cm³/mol. The summed E-state index contributed by atoms with van der Waals surface area (Å²) in [5.41, 5.74) is 1.32. The van der Waals surface area contributed by atoms with E-state index in [1.165, 1.54) is 12.1 Å². The summed E-state index contributed by atoms with van der Waals surface area (Å²) in [6.45, 7) is 1.81. The number of benzene rings is 1. The maximum Gasteiger partial charge on any atom is 0.416 e. The Bertz CT molecular complexity index is 1010. The molecule has 28 heavy (non-hydrogen) atoms. The van der Waals surface area contributed by atoms with Crippen LogP contribution in [-0.2, 0) is 6.18 Å². The van der Waals surface area contributed by atoms with Gasteiger partial charge in [0.05, 0.1) is 21.8 Å². The lowest BCUT2D eigenvalue weighted by Gasteiger charge is -2.15. The number of fused-ring (bicyclic) bond motifs is 1. The van der Waals surface area contributed by atoms with Crippen LogP contribution in [0.1, 0.15) is 11.1 Å². The molecule has 0 aliphatic rings. The van der Waals surface area contributed by atoms with Crippen LogP contribution in [0.2, 0.25) is 5.02 Å². The molecule has 0 unspecified atom stereocenters. The highest BCUT2D eigenvalue weighted by atomic mass is 35.5. The van der Waals surface area contributed by atoms with E-state index in [-0.39, 0.29) is 5.82 Å². The highest BCUT2D eigenvalue weighted by Gasteiger charge is 2.30. The molecule has 0 radical (unpaired) electrons. The number of hydrogen-bond donors (Lipinski definition) is 2. The molecule has 10 heteroatoms. The molecule has 3 aromatic rings. The number of pyridine rings is 2. The van der Waals surface area contributed by atoms with E-state index in [4.69, 9.17) is 11.6 Å². The summed E-state index contributed by atoms with van der Waals surface area (Å²) in [7, 11) is 3.81. The molecule has 0 aliphatic heterocycles. The normalized spacial score (nSPS) is 11.9. The van der Waals surface area contributed by atoms with Crippen molar-refractivity contribution in [3.8, 4) is 0 Å². The first kappa shape index (κ1) is 20.5. The molecule has 0 amide bonds. The van der Waals surface area contributed by atoms with Crippen molar-refractivity contribution in [3.05, 3.63) is 52.7 Å². The van der Waals surface area contributed by atoms with E-state index in [0.717, 1.165) is 35.0 Å². The third kappa shape index (κ3) is 4.60. The van der Waals surface area contributed by atoms with Crippen molar-refractivity contribution in [2.45, 2.75) is 13.1 Å². The van der Waals surface area contributed by atoms with Crippen LogP contribution in [0.4, 0.5) is 30.5 Å². The van der Waals surface area contributed by atoms with Crippen LogP contribution >= 0.6 is 23.7 Å². The second kappa shape index (κ2) is 8.02. The highest BCUT2D eigenvalue weighted by molar-refractivity contribution is 7.98. The van der Waals surface area contributed by atoms with Gasteiger partial charge in [-0.1, -0.05) is 11.6 Å². The molecular formula is C18H17ClF3N5S. The fraction of sp³-hybridized carbons (Fsp3) is 0.222. The van der Waals surface area contributed by atoms with E-state index >= 15 is 0 Å². The van der Waals surface area contributed by atoms with Gasteiger partial charge >= 0.3 is 6.18 Å². The second-order valence-electron chi connectivity index (χ2n) is 6.20. The number of halogens is 4. The first-order valence-corrected chi connectivity index (χ1v) is 9.30. The zero-order valence-corrected chi connectivity index (χ0v) is 16.8. The molecule has 0 fully saturated rings. The quantitative estimate of drug-likeness (QED) is 0.495. The molecule has 5 nitrogen and oxygen atoms in total. The van der Waals surface area contributed by atoms with E-state index in [2.05, 4.69) is 20.0 Å². The molecular weight excluding hydrogens is 411 g/mol. The molecule has 2 heterocycles. The Morgan fingerprint density at radius 3 is 2.57 bits per heavy atom. The molecule has 0 saturated carbocycles. The van der Waals surface area contributed by atoms with Crippen molar-refractivity contribution < 1.29 is 13.2 Å². The van der Waals surface area contributed by atoms with Crippen molar-refractivity contribution in [3.63, 3.8) is 0 Å². The van der Waals surface area contributed by atoms with Gasteiger partial charge in [0.25, 0.3) is 0 Å². The van der Waals surface area contributed by atoms with Gasteiger partial charge in [0.2, 0.25) is 0 Å². The lowest BCUT2D eigenvalue weighted by molar-refractivity contribution is -0.137. The molecule has 2 aromatic heterocycles. The molecule has 148 valence electrons. The lowest BCUT2D eigenvalue weighted by atomic mass is 10.1. The number of aryl methyl sites for hydroxylation is 1. The van der Waals surface area contributed by atoms with E-state index in [9.17, 15) is 13.2 Å². The fourth-order valence-corrected chi connectivity index (χ4v) is 3.14. The summed E-state index contributed by atoms with van der Waals surface area (Å²) in [5, 5.41) is 4.11. The van der Waals surface area contributed by atoms with Crippen molar-refractivity contribution in [1.29, 1.82) is 0 Å². The van der Waals surface area contributed by atoms with Gasteiger partial charge in [0, 0.05) is 23.7 Å². The van der Waals surface area contributed by atoms with Gasteiger partial charge in [-0.15, -0.1) is 0 Å². The van der Waals surface area contributed by atoms with Gasteiger partial charge in [-0.05, 0) is 56.9 Å². The topological polar surface area (TPSA) is 53.1 Å². The van der Waals surface area contributed by atoms with E-state index in [0.29, 0.717) is 16.4 Å². The number of nitrogens with one attached hydrogen (secondary N) is 2. The third-order valence-corrected chi connectivity index (χ3v) is 4.78. The van der Waals surface area contributed by atoms with Crippen molar-refractivity contribution in [2.24, 2.45) is 0 Å². The average Bonchev–Trinajstić information content (AvgIpc) is 2.62. The molecule has 0 saturated heterocycles. The summed E-state index contributed by atoms with van der Waals surface area (Å²) in [6.07, 6.45) is -3.34. The Balaban J connectivity index is 1.99. The SMILES string of the molecule is Cc1cc2c(NSN(C)C)ccc(Cl)c2nc1Nc1cc(C(F)(F)F)ccn1. The maximum atomic E-state index is 12.9. The molecule has 0 atom stereocenters. The highest BCUT2D eigenvalue weighted by Crippen LogP contribution is 2.34. The summed E-state index contributed by atoms with van der Waals surface area (Å²) in [4.78, 5) is 8.47. The monoisotopic (exact) mass is 427 g/mol. The third-order valence-electron chi connectivity index (χ3n) is 3.80. The summed E-state index contributed by atoms with van der Waals surface area (Å²) in [6, 6.07) is 7.31. The predicted octanol–water partition coefficient (Wildman–Crippen LogP) is 5.89. The van der Waals surface area contributed by atoms with E-state index in [1.54, 1.807) is 6.07 Å². The van der Waals surface area contributed by atoms with Crippen LogP contribution in [0, 0.1) is 6.92 Å². The Hall–Kier alpha value is -2.23. The first-order valence-electron chi connectivity index (χ1n) is 8.15. The Labute approximate surface area is 169 Å². The van der Waals surface area contributed by atoms with Gasteiger partial charge in [0.15, 0.2) is 0 Å². The second-order valence-corrected chi connectivity index (χ2v) is 7.73. The van der Waals surface area contributed by atoms with Gasteiger partial charge in [0.1, 0.15) is 11.6 Å². The summed E-state index contributed by atoms with van der Waals surface area (Å²) >= 11 is 7.71. The first-order chi connectivity index (χ1) is 13.1. The maximum absolute atomic E-state index is 12.9. The van der Waals surface area contributed by atoms with Gasteiger partial charge in [-0.25, -0.2) is 14.3 Å². The summed E-state index contributed by atoms with van der Waals surface area (Å²) in [5.74, 6) is 0.442. The smallest absolute Gasteiger partial charge is 0.325 e. The van der Waals surface area contributed by atoms with Crippen LogP contribution in [0.3, 0.4) is 0 Å². The lowest BCUT2D eigenvalue weighted by Crippen LogP contribution is -2.07. The molecule has 0 aliphatic carbocycles. The van der Waals surface area contributed by atoms with Crippen LogP contribution in [0.25, 0.3) is 10.9 Å². The van der Waals surface area contributed by atoms with Crippen LogP contribution in [0.15, 0.2) is 36.5 Å². The Morgan fingerprint density at radius 1 is 1.14 bits per heavy atom. The van der Waals surface area contributed by atoms with Gasteiger partial charge < -0.3 is 10.0 Å². The largest absolute Gasteiger partial charge is 0.416 e. The van der Waals surface area contributed by atoms with Gasteiger partial charge in [-0.2, -0.15) is 13.2 Å². The zero-order valence-electron chi connectivity index (χ0n) is 15.2. The fourth-order valence-electron chi connectivity index (χ4n) is 2.48. The number of alkyl halides is 3. The van der Waals surface area contributed by atoms with Crippen molar-refractivity contribution in [1.82, 2.24) is 14.3 Å². The number of aromatic nitrogens is 2. The molecule has 1 aromatic carbocycles. The standard InChI is InChI=1S/C18H17ClF3N5S/c1-10-8-12-14(26-28-27(2)3)5-4-13(19)16(12)25-17(10)24-15-9-11(6-7-23-15)18(20,21)22/h4-9,26H,1-3H3,(H,23,24,25).